The zero-order chi connectivity index (χ0) is 17.9. The summed E-state index contributed by atoms with van der Waals surface area (Å²) in [6.45, 7) is 15.3. The minimum absolute atomic E-state index is 0.0899. The van der Waals surface area contributed by atoms with E-state index < -0.39 is 0 Å². The lowest BCUT2D eigenvalue weighted by Crippen LogP contribution is -2.46. The van der Waals surface area contributed by atoms with Crippen molar-refractivity contribution in [3.8, 4) is 0 Å². The smallest absolute Gasteiger partial charge is 0.0558 e. The molecule has 0 aliphatic carbocycles. The van der Waals surface area contributed by atoms with E-state index in [1.165, 1.54) is 0 Å². The Hall–Kier alpha value is -1.18. The van der Waals surface area contributed by atoms with Crippen molar-refractivity contribution < 1.29 is 5.21 Å². The van der Waals surface area contributed by atoms with Gasteiger partial charge in [0.15, 0.2) is 0 Å². The third kappa shape index (κ3) is 12.0. The lowest BCUT2D eigenvalue weighted by molar-refractivity contribution is 0.312. The Balaban J connectivity index is 3.78. The molecule has 7 heteroatoms. The van der Waals surface area contributed by atoms with E-state index >= 15 is 0 Å². The highest BCUT2D eigenvalue weighted by molar-refractivity contribution is 5.83. The second kappa shape index (κ2) is 10.6. The molecule has 0 saturated heterocycles. The second-order valence-corrected chi connectivity index (χ2v) is 7.39. The number of nitrogens with zero attached hydrogens (tertiary/aromatic N) is 2. The van der Waals surface area contributed by atoms with Crippen molar-refractivity contribution in [1.82, 2.24) is 16.0 Å². The molecular formula is C16H34N5O2-. The molecule has 0 saturated carbocycles. The van der Waals surface area contributed by atoms with Crippen LogP contribution in [0.15, 0.2) is 10.3 Å². The third-order valence-corrected chi connectivity index (χ3v) is 3.53. The van der Waals surface area contributed by atoms with Gasteiger partial charge in [-0.1, -0.05) is 5.16 Å². The zero-order valence-electron chi connectivity index (χ0n) is 15.5. The maximum absolute atomic E-state index is 10.4. The lowest BCUT2D eigenvalue weighted by Gasteiger charge is -2.27. The molecule has 0 unspecified atom stereocenters. The Bertz CT molecular complexity index is 356. The first kappa shape index (κ1) is 21.8. The predicted octanol–water partition coefficient (Wildman–Crippen LogP) is 1.90. The zero-order valence-corrected chi connectivity index (χ0v) is 15.5. The van der Waals surface area contributed by atoms with Crippen molar-refractivity contribution in [1.29, 1.82) is 0 Å². The monoisotopic (exact) mass is 328 g/mol. The van der Waals surface area contributed by atoms with Crippen LogP contribution in [0.2, 0.25) is 0 Å². The number of hydrogen-bond donors (Lipinski definition) is 4. The first-order valence-electron chi connectivity index (χ1n) is 8.16. The molecule has 0 aromatic heterocycles. The molecule has 0 bridgehead atoms. The van der Waals surface area contributed by atoms with Gasteiger partial charge in [-0.2, -0.15) is 0 Å². The molecule has 0 rings (SSSR count). The minimum Gasteiger partial charge on any atom is -0.792 e. The molecule has 0 aromatic rings. The van der Waals surface area contributed by atoms with Crippen molar-refractivity contribution >= 4 is 11.4 Å². The molecule has 0 aliphatic rings. The van der Waals surface area contributed by atoms with Gasteiger partial charge in [0.1, 0.15) is 0 Å². The van der Waals surface area contributed by atoms with Crippen LogP contribution in [0.4, 0.5) is 0 Å². The van der Waals surface area contributed by atoms with Crippen molar-refractivity contribution in [2.75, 3.05) is 26.2 Å². The van der Waals surface area contributed by atoms with Gasteiger partial charge in [0, 0.05) is 55.8 Å². The summed E-state index contributed by atoms with van der Waals surface area (Å²) in [7, 11) is 0. The molecule has 0 aliphatic heterocycles. The molecule has 136 valence electrons. The molecule has 0 radical (unpaired) electrons. The van der Waals surface area contributed by atoms with Crippen LogP contribution in [0.25, 0.3) is 0 Å². The van der Waals surface area contributed by atoms with E-state index in [0.717, 1.165) is 31.9 Å². The van der Waals surface area contributed by atoms with Crippen LogP contribution in [0.5, 0.6) is 0 Å². The van der Waals surface area contributed by atoms with Gasteiger partial charge in [-0.05, 0) is 41.5 Å². The Kier molecular flexibility index (Phi) is 10.0. The highest BCUT2D eigenvalue weighted by Gasteiger charge is 2.18. The molecule has 0 atom stereocenters. The first-order chi connectivity index (χ1) is 10.6. The summed E-state index contributed by atoms with van der Waals surface area (Å²) in [5.74, 6) is 0. The molecule has 0 amide bonds. The van der Waals surface area contributed by atoms with E-state index in [4.69, 9.17) is 5.21 Å². The predicted molar refractivity (Wildman–Crippen MR) is 97.6 cm³/mol. The molecule has 0 aromatic carbocycles. The molecular weight excluding hydrogens is 294 g/mol. The van der Waals surface area contributed by atoms with E-state index in [0.29, 0.717) is 18.6 Å². The number of nitrogens with one attached hydrogen (secondary N) is 3. The van der Waals surface area contributed by atoms with Crippen LogP contribution in [0, 0.1) is 5.21 Å². The summed E-state index contributed by atoms with van der Waals surface area (Å²) >= 11 is 0. The SMILES string of the molecule is C/C(CC(C)(C)NCCNCCNC(C)(C)C/C(C)=N/O)=N\[O-]. The summed E-state index contributed by atoms with van der Waals surface area (Å²) in [4.78, 5) is 0. The normalized spacial score (nSPS) is 14.3. The van der Waals surface area contributed by atoms with Gasteiger partial charge in [0.2, 0.25) is 0 Å². The molecule has 0 fully saturated rings. The van der Waals surface area contributed by atoms with Gasteiger partial charge in [-0.15, -0.1) is 0 Å². The Morgan fingerprint density at radius 2 is 1.30 bits per heavy atom. The molecule has 0 heterocycles. The van der Waals surface area contributed by atoms with Crippen LogP contribution < -0.4 is 16.0 Å². The average molecular weight is 328 g/mol. The summed E-state index contributed by atoms with van der Waals surface area (Å²) in [6.07, 6.45) is 1.36. The topological polar surface area (TPSA) is 104 Å². The van der Waals surface area contributed by atoms with Crippen LogP contribution in [0.1, 0.15) is 54.4 Å². The highest BCUT2D eigenvalue weighted by Crippen LogP contribution is 2.09. The van der Waals surface area contributed by atoms with Crippen LogP contribution >= 0.6 is 0 Å². The Labute approximate surface area is 140 Å². The van der Waals surface area contributed by atoms with Crippen molar-refractivity contribution in [3.63, 3.8) is 0 Å². The first-order valence-corrected chi connectivity index (χ1v) is 8.16. The van der Waals surface area contributed by atoms with Gasteiger partial charge in [0.25, 0.3) is 0 Å². The summed E-state index contributed by atoms with van der Waals surface area (Å²) in [5.41, 5.74) is 1.12. The van der Waals surface area contributed by atoms with E-state index in [9.17, 15) is 5.21 Å². The van der Waals surface area contributed by atoms with Gasteiger partial charge < -0.3 is 31.5 Å². The standard InChI is InChI=1S/C16H35N5O2/c1-13(20-22)11-15(3,4)18-9-7-17-8-10-19-16(5,6)12-14(2)21-23/h17-19,22-23H,7-12H2,1-6H3/p-1/b20-13+,21-14+. The van der Waals surface area contributed by atoms with Crippen LogP contribution in [-0.2, 0) is 0 Å². The quantitative estimate of drug-likeness (QED) is 0.190. The number of rotatable bonds is 12. The molecule has 7 nitrogen and oxygen atoms in total. The third-order valence-electron chi connectivity index (χ3n) is 3.53. The second-order valence-electron chi connectivity index (χ2n) is 7.39. The highest BCUT2D eigenvalue weighted by atomic mass is 16.4. The van der Waals surface area contributed by atoms with Gasteiger partial charge in [-0.25, -0.2) is 0 Å². The fourth-order valence-electron chi connectivity index (χ4n) is 2.58. The maximum atomic E-state index is 10.4. The summed E-state index contributed by atoms with van der Waals surface area (Å²) in [5, 5.41) is 35.6. The van der Waals surface area contributed by atoms with E-state index in [-0.39, 0.29) is 11.1 Å². The van der Waals surface area contributed by atoms with Gasteiger partial charge in [-0.3, -0.25) is 0 Å². The van der Waals surface area contributed by atoms with Gasteiger partial charge in [0.05, 0.1) is 5.71 Å². The Morgan fingerprint density at radius 1 is 0.870 bits per heavy atom. The van der Waals surface area contributed by atoms with Crippen molar-refractivity contribution in [2.24, 2.45) is 10.3 Å². The summed E-state index contributed by atoms with van der Waals surface area (Å²) < 4.78 is 0. The number of hydrogen-bond acceptors (Lipinski definition) is 7. The lowest BCUT2D eigenvalue weighted by atomic mass is 9.98. The van der Waals surface area contributed by atoms with Crippen LogP contribution in [0.3, 0.4) is 0 Å². The Morgan fingerprint density at radius 3 is 1.70 bits per heavy atom. The summed E-state index contributed by atoms with van der Waals surface area (Å²) in [6, 6.07) is 0. The van der Waals surface area contributed by atoms with Crippen molar-refractivity contribution in [3.05, 3.63) is 5.21 Å². The van der Waals surface area contributed by atoms with Gasteiger partial charge >= 0.3 is 0 Å². The van der Waals surface area contributed by atoms with E-state index in [1.54, 1.807) is 6.92 Å². The minimum atomic E-state index is -0.124. The fourth-order valence-corrected chi connectivity index (χ4v) is 2.58. The van der Waals surface area contributed by atoms with E-state index in [1.807, 2.05) is 6.92 Å². The molecule has 23 heavy (non-hydrogen) atoms. The number of oxime groups is 1. The molecule has 4 N–H and O–H groups in total. The van der Waals surface area contributed by atoms with Crippen LogP contribution in [-0.4, -0.2) is 53.9 Å². The van der Waals surface area contributed by atoms with Crippen molar-refractivity contribution in [2.45, 2.75) is 65.5 Å². The fraction of sp³-hybridized carbons (Fsp3) is 0.875. The average Bonchev–Trinajstić information content (AvgIpc) is 2.44. The van der Waals surface area contributed by atoms with E-state index in [2.05, 4.69) is 54.0 Å². The molecule has 0 spiro atoms. The maximum Gasteiger partial charge on any atom is 0.0558 e. The largest absolute Gasteiger partial charge is 0.792 e.